The van der Waals surface area contributed by atoms with E-state index in [-0.39, 0.29) is 84.8 Å². The first kappa shape index (κ1) is 49.7. The Morgan fingerprint density at radius 2 is 1.21 bits per heavy atom. The molecule has 71 heavy (non-hydrogen) atoms. The first-order valence-corrected chi connectivity index (χ1v) is 24.6. The Labute approximate surface area is 410 Å². The van der Waals surface area contributed by atoms with Crippen molar-refractivity contribution >= 4 is 89.1 Å². The first-order chi connectivity index (χ1) is 33.8. The molecule has 23 heteroatoms. The molecule has 0 radical (unpaired) electrons. The van der Waals surface area contributed by atoms with Crippen molar-refractivity contribution in [3.63, 3.8) is 0 Å². The lowest BCUT2D eigenvalue weighted by molar-refractivity contribution is 0.0626. The highest BCUT2D eigenvalue weighted by atomic mass is 35.5. The molecule has 0 unspecified atom stereocenters. The molecule has 0 aliphatic carbocycles. The Bertz CT molecular complexity index is 3480. The second kappa shape index (κ2) is 19.2. The minimum atomic E-state index is -5.31. The lowest BCUT2D eigenvalue weighted by atomic mass is 9.91. The minimum absolute atomic E-state index is 0.0132. The van der Waals surface area contributed by atoms with Gasteiger partial charge in [-0.2, -0.15) is 12.7 Å². The van der Waals surface area contributed by atoms with E-state index in [2.05, 4.69) is 15.5 Å². The summed E-state index contributed by atoms with van der Waals surface area (Å²) in [5, 5.41) is 23.4. The van der Waals surface area contributed by atoms with Crippen molar-refractivity contribution in [2.24, 2.45) is 10.2 Å². The number of amides is 5. The van der Waals surface area contributed by atoms with Gasteiger partial charge in [0.05, 0.1) is 82.7 Å². The van der Waals surface area contributed by atoms with E-state index in [1.165, 1.54) is 98.4 Å². The van der Waals surface area contributed by atoms with E-state index in [9.17, 15) is 45.7 Å². The van der Waals surface area contributed by atoms with Gasteiger partial charge in [0.1, 0.15) is 28.6 Å². The number of nitrogens with one attached hydrogen (secondary N) is 1. The largest absolute Gasteiger partial charge is 0.505 e. The molecule has 2 aliphatic heterocycles. The fourth-order valence-electron chi connectivity index (χ4n) is 8.52. The van der Waals surface area contributed by atoms with Crippen LogP contribution in [0.1, 0.15) is 76.8 Å². The number of hydrogen-bond donors (Lipinski definition) is 3. The summed E-state index contributed by atoms with van der Waals surface area (Å²) in [6, 6.07) is 20.0. The van der Waals surface area contributed by atoms with Gasteiger partial charge in [0.15, 0.2) is 5.75 Å². The number of nitrogens with zero attached hydrogens (tertiary/aromatic N) is 5. The monoisotopic (exact) mass is 1020 g/mol. The molecule has 3 N–H and O–H groups in total. The van der Waals surface area contributed by atoms with Crippen LogP contribution < -0.4 is 19.5 Å². The van der Waals surface area contributed by atoms with Gasteiger partial charge in [-0.05, 0) is 65.5 Å². The number of anilines is 1. The van der Waals surface area contributed by atoms with Crippen molar-refractivity contribution in [2.75, 3.05) is 39.7 Å². The van der Waals surface area contributed by atoms with Crippen molar-refractivity contribution in [2.45, 2.75) is 36.7 Å². The van der Waals surface area contributed by atoms with E-state index in [0.717, 1.165) is 23.1 Å². The van der Waals surface area contributed by atoms with E-state index >= 15 is 4.79 Å². The van der Waals surface area contributed by atoms with E-state index in [4.69, 9.17) is 25.8 Å². The summed E-state index contributed by atoms with van der Waals surface area (Å²) in [4.78, 5) is 71.3. The van der Waals surface area contributed by atoms with E-state index in [1.54, 1.807) is 13.8 Å². The molecule has 5 amide bonds. The number of carbonyl (C=O) groups is 5. The second-order valence-electron chi connectivity index (χ2n) is 15.7. The third-order valence-electron chi connectivity index (χ3n) is 12.0. The zero-order valence-corrected chi connectivity index (χ0v) is 40.6. The Hall–Kier alpha value is -7.76. The molecule has 0 spiro atoms. The molecule has 0 fully saturated rings. The van der Waals surface area contributed by atoms with Crippen LogP contribution in [0.2, 0.25) is 5.02 Å². The van der Waals surface area contributed by atoms with Gasteiger partial charge in [0, 0.05) is 30.1 Å². The Morgan fingerprint density at radius 3 is 1.70 bits per heavy atom. The quantitative estimate of drug-likeness (QED) is 0.0475. The number of rotatable bonds is 16. The number of halogens is 1. The number of hydrogen-bond acceptors (Lipinski definition) is 15. The van der Waals surface area contributed by atoms with Crippen LogP contribution in [0.3, 0.4) is 0 Å². The topological polar surface area (TPSA) is 268 Å². The summed E-state index contributed by atoms with van der Waals surface area (Å²) < 4.78 is 82.5. The summed E-state index contributed by atoms with van der Waals surface area (Å²) in [5.41, 5.74) is -2.59. The average molecular weight is 1030 g/mol. The summed E-state index contributed by atoms with van der Waals surface area (Å²) in [7, 11) is -5.55. The number of methoxy groups -OCH3 is 3. The van der Waals surface area contributed by atoms with Crippen molar-refractivity contribution in [1.29, 1.82) is 0 Å². The molecular formula is C48H41ClN6O14S2. The van der Waals surface area contributed by atoms with Crippen LogP contribution in [0.5, 0.6) is 23.0 Å². The zero-order chi connectivity index (χ0) is 51.3. The maximum Gasteiger partial charge on any atom is 0.294 e. The molecule has 8 rings (SSSR count). The van der Waals surface area contributed by atoms with Crippen LogP contribution in [-0.4, -0.2) is 105 Å². The number of phenolic OH excluding ortho intramolecular Hbond substituents is 1. The molecule has 366 valence electrons. The number of phenols is 1. The molecule has 0 saturated carbocycles. The zero-order valence-electron chi connectivity index (χ0n) is 38.2. The van der Waals surface area contributed by atoms with Crippen LogP contribution in [0.4, 0.5) is 17.1 Å². The van der Waals surface area contributed by atoms with Crippen molar-refractivity contribution < 1.29 is 64.7 Å². The summed E-state index contributed by atoms with van der Waals surface area (Å²) >= 11 is 6.47. The normalized spacial score (nSPS) is 13.7. The summed E-state index contributed by atoms with van der Waals surface area (Å²) in [6.07, 6.45) is 0. The molecular weight excluding hydrogens is 984 g/mol. The van der Waals surface area contributed by atoms with Crippen LogP contribution in [-0.2, 0) is 33.2 Å². The lowest BCUT2D eigenvalue weighted by Gasteiger charge is -2.24. The van der Waals surface area contributed by atoms with Crippen molar-refractivity contribution in [3.05, 3.63) is 135 Å². The Kier molecular flexibility index (Phi) is 13.4. The predicted octanol–water partition coefficient (Wildman–Crippen LogP) is 7.76. The number of azo groups is 1. The fourth-order valence-corrected chi connectivity index (χ4v) is 11.0. The maximum absolute atomic E-state index is 15.0. The molecule has 2 heterocycles. The SMILES string of the molecule is CCN(CC)S(=O)(=O)c1ccc(OC)c(N=Nc2c(O)c(C(=O)Nc3cc(Cl)c(OC)cc3OC)c(CN3C(=O)c4ccccc4C3=O)c3ccc(S(=O)(=O)O)c(CN4C(=O)c5ccccc5C4=O)c23)c1. The van der Waals surface area contributed by atoms with Crippen LogP contribution in [0.15, 0.2) is 111 Å². The molecule has 2 aliphatic rings. The van der Waals surface area contributed by atoms with Gasteiger partial charge in [-0.3, -0.25) is 38.3 Å². The third-order valence-corrected chi connectivity index (χ3v) is 15.2. The highest BCUT2D eigenvalue weighted by Gasteiger charge is 2.40. The van der Waals surface area contributed by atoms with Crippen molar-refractivity contribution in [3.8, 4) is 23.0 Å². The Balaban J connectivity index is 1.46. The summed E-state index contributed by atoms with van der Waals surface area (Å²) in [6.45, 7) is 1.81. The van der Waals surface area contributed by atoms with E-state index in [1.807, 2.05) is 0 Å². The van der Waals surface area contributed by atoms with Gasteiger partial charge in [-0.25, -0.2) is 8.42 Å². The van der Waals surface area contributed by atoms with Gasteiger partial charge in [0.2, 0.25) is 10.0 Å². The predicted molar refractivity (Wildman–Crippen MR) is 257 cm³/mol. The molecule has 0 bridgehead atoms. The van der Waals surface area contributed by atoms with Gasteiger partial charge in [-0.15, -0.1) is 10.2 Å². The van der Waals surface area contributed by atoms with Crippen LogP contribution >= 0.6 is 11.6 Å². The van der Waals surface area contributed by atoms with Crippen molar-refractivity contribution in [1.82, 2.24) is 14.1 Å². The van der Waals surface area contributed by atoms with Gasteiger partial charge >= 0.3 is 0 Å². The molecule has 6 aromatic rings. The Morgan fingerprint density at radius 1 is 0.690 bits per heavy atom. The number of sulfonamides is 1. The van der Waals surface area contributed by atoms with E-state index < -0.39 is 95.6 Å². The number of benzene rings is 6. The molecule has 6 aromatic carbocycles. The second-order valence-corrected chi connectivity index (χ2v) is 19.5. The van der Waals surface area contributed by atoms with Gasteiger partial charge in [0.25, 0.3) is 39.7 Å². The first-order valence-electron chi connectivity index (χ1n) is 21.3. The fraction of sp³-hybridized carbons (Fsp3) is 0.188. The summed E-state index contributed by atoms with van der Waals surface area (Å²) in [5.74, 6) is -5.40. The number of aromatic hydroxyl groups is 1. The van der Waals surface area contributed by atoms with Crippen LogP contribution in [0.25, 0.3) is 10.8 Å². The minimum Gasteiger partial charge on any atom is -0.505 e. The molecule has 20 nitrogen and oxygen atoms in total. The van der Waals surface area contributed by atoms with E-state index in [0.29, 0.717) is 4.90 Å². The average Bonchev–Trinajstić information content (AvgIpc) is 3.73. The number of imide groups is 2. The standard InChI is InChI=1S/C48H41ClN6O14S2/c1-6-53(7-2)70(62,63)25-16-18-36(67-3)35(20-25)51-52-42-40-26(17-19-39(71(64,65)66)32(40)24-55-47(60)29-14-10-11-15-30(29)48(55)61)31(23-54-45(58)27-12-8-9-13-28(27)46(54)59)41(43(42)56)44(57)50-34-21-33(49)37(68-4)22-38(34)69-5/h8-22,56H,6-7,23-24H2,1-5H3,(H,50,57)(H,64,65,66). The highest BCUT2D eigenvalue weighted by Crippen LogP contribution is 2.48. The third kappa shape index (κ3) is 8.69. The lowest BCUT2D eigenvalue weighted by Crippen LogP contribution is -2.31. The highest BCUT2D eigenvalue weighted by molar-refractivity contribution is 7.89. The van der Waals surface area contributed by atoms with Gasteiger partial charge in [-0.1, -0.05) is 55.8 Å². The maximum atomic E-state index is 15.0. The number of fused-ring (bicyclic) bond motifs is 3. The number of carbonyl (C=O) groups excluding carboxylic acids is 5. The molecule has 0 saturated heterocycles. The smallest absolute Gasteiger partial charge is 0.294 e. The van der Waals surface area contributed by atoms with Crippen LogP contribution in [0, 0.1) is 0 Å². The molecule has 0 atom stereocenters. The number of ether oxygens (including phenoxy) is 3. The molecule has 0 aromatic heterocycles. The van der Waals surface area contributed by atoms with Gasteiger partial charge < -0.3 is 24.6 Å².